The summed E-state index contributed by atoms with van der Waals surface area (Å²) in [6, 6.07) is 9.08. The van der Waals surface area contributed by atoms with E-state index in [0.717, 1.165) is 11.8 Å². The number of H-pyrrole nitrogens is 1. The molecule has 9 nitrogen and oxygen atoms in total. The number of methoxy groups -OCH3 is 1. The molecule has 0 aliphatic rings. The normalized spacial score (nSPS) is 10.6. The largest absolute Gasteiger partial charge is 0.496 e. The molecule has 1 amide bonds. The number of aromatic nitrogens is 3. The first kappa shape index (κ1) is 20.9. The van der Waals surface area contributed by atoms with Crippen molar-refractivity contribution in [2.75, 3.05) is 18.2 Å². The second-order valence-corrected chi connectivity index (χ2v) is 7.38. The zero-order chi connectivity index (χ0) is 21.0. The van der Waals surface area contributed by atoms with E-state index >= 15 is 0 Å². The van der Waals surface area contributed by atoms with Gasteiger partial charge in [-0.15, -0.1) is 5.10 Å². The molecule has 3 rings (SSSR count). The lowest BCUT2D eigenvalue weighted by atomic mass is 10.2. The fourth-order valence-corrected chi connectivity index (χ4v) is 3.31. The molecule has 0 bridgehead atoms. The van der Waals surface area contributed by atoms with E-state index in [1.165, 1.54) is 25.3 Å². The summed E-state index contributed by atoms with van der Waals surface area (Å²) in [5.41, 5.74) is 0.397. The summed E-state index contributed by atoms with van der Waals surface area (Å²) in [7, 11) is 1.53. The Labute approximate surface area is 178 Å². The maximum atomic E-state index is 12.2. The second-order valence-electron chi connectivity index (χ2n) is 5.57. The molecule has 0 unspecified atom stereocenters. The number of nitrogens with zero attached hydrogens (tertiary/aromatic N) is 3. The number of anilines is 1. The highest BCUT2D eigenvalue weighted by atomic mass is 35.5. The van der Waals surface area contributed by atoms with Crippen molar-refractivity contribution in [1.29, 1.82) is 0 Å². The molecule has 2 aromatic carbocycles. The quantitative estimate of drug-likeness (QED) is 0.308. The Morgan fingerprint density at radius 3 is 2.72 bits per heavy atom. The predicted octanol–water partition coefficient (Wildman–Crippen LogP) is 4.43. The van der Waals surface area contributed by atoms with E-state index in [-0.39, 0.29) is 22.2 Å². The standard InChI is InChI=1S/C17H13Cl2N5O4S/c1-28-14-5-3-9(18)6-11(14)16-21-17(23-22-16)29-8-15(25)20-12-4-2-10(19)7-13(12)24(26)27/h2-7H,8H2,1H3,(H,20,25)(H,21,22,23). The Balaban J connectivity index is 1.67. The van der Waals surface area contributed by atoms with Crippen molar-refractivity contribution in [1.82, 2.24) is 15.2 Å². The molecule has 3 aromatic rings. The summed E-state index contributed by atoms with van der Waals surface area (Å²) >= 11 is 12.9. The molecular weight excluding hydrogens is 441 g/mol. The molecule has 0 aliphatic heterocycles. The Kier molecular flexibility index (Phi) is 6.57. The van der Waals surface area contributed by atoms with Gasteiger partial charge in [0, 0.05) is 16.1 Å². The molecule has 1 heterocycles. The first-order valence-corrected chi connectivity index (χ1v) is 9.74. The number of ether oxygens (including phenoxy) is 1. The van der Waals surface area contributed by atoms with Crippen LogP contribution in [0.2, 0.25) is 10.0 Å². The van der Waals surface area contributed by atoms with Crippen molar-refractivity contribution in [3.05, 3.63) is 56.6 Å². The van der Waals surface area contributed by atoms with Crippen molar-refractivity contribution < 1.29 is 14.5 Å². The summed E-state index contributed by atoms with van der Waals surface area (Å²) in [4.78, 5) is 27.0. The van der Waals surface area contributed by atoms with Crippen molar-refractivity contribution >= 4 is 52.2 Å². The maximum Gasteiger partial charge on any atom is 0.294 e. The van der Waals surface area contributed by atoms with Gasteiger partial charge in [-0.25, -0.2) is 4.98 Å². The van der Waals surface area contributed by atoms with Crippen LogP contribution in [-0.4, -0.2) is 38.9 Å². The van der Waals surface area contributed by atoms with Crippen LogP contribution in [0.1, 0.15) is 0 Å². The minimum Gasteiger partial charge on any atom is -0.496 e. The topological polar surface area (TPSA) is 123 Å². The lowest BCUT2D eigenvalue weighted by Crippen LogP contribution is -2.15. The third kappa shape index (κ3) is 5.17. The van der Waals surface area contributed by atoms with Crippen molar-refractivity contribution in [3.8, 4) is 17.1 Å². The number of hydrogen-bond donors (Lipinski definition) is 2. The summed E-state index contributed by atoms with van der Waals surface area (Å²) in [6.45, 7) is 0. The highest BCUT2D eigenvalue weighted by Gasteiger charge is 2.17. The number of hydrogen-bond acceptors (Lipinski definition) is 7. The van der Waals surface area contributed by atoms with E-state index in [1.807, 2.05) is 0 Å². The molecule has 1 aromatic heterocycles. The van der Waals surface area contributed by atoms with Crippen LogP contribution >= 0.6 is 35.0 Å². The third-order valence-electron chi connectivity index (χ3n) is 3.64. The average molecular weight is 454 g/mol. The van der Waals surface area contributed by atoms with Gasteiger partial charge >= 0.3 is 0 Å². The number of carbonyl (C=O) groups is 1. The lowest BCUT2D eigenvalue weighted by Gasteiger charge is -2.06. The Morgan fingerprint density at radius 1 is 1.28 bits per heavy atom. The number of halogens is 2. The highest BCUT2D eigenvalue weighted by molar-refractivity contribution is 7.99. The molecule has 0 saturated heterocycles. The predicted molar refractivity (Wildman–Crippen MR) is 111 cm³/mol. The second kappa shape index (κ2) is 9.12. The number of nitro benzene ring substituents is 1. The van der Waals surface area contributed by atoms with Crippen LogP contribution in [-0.2, 0) is 4.79 Å². The van der Waals surface area contributed by atoms with Gasteiger partial charge in [0.1, 0.15) is 11.4 Å². The van der Waals surface area contributed by atoms with Gasteiger partial charge in [-0.3, -0.25) is 20.0 Å². The van der Waals surface area contributed by atoms with Crippen LogP contribution in [0.3, 0.4) is 0 Å². The SMILES string of the molecule is COc1ccc(Cl)cc1-c1nc(SCC(=O)Nc2ccc(Cl)cc2[N+](=O)[O-])n[nH]1. The molecule has 0 fully saturated rings. The van der Waals surface area contributed by atoms with E-state index in [9.17, 15) is 14.9 Å². The number of rotatable bonds is 7. The number of amides is 1. The molecule has 0 saturated carbocycles. The van der Waals surface area contributed by atoms with Crippen LogP contribution in [0.5, 0.6) is 5.75 Å². The van der Waals surface area contributed by atoms with Crippen LogP contribution in [0.25, 0.3) is 11.4 Å². The minimum atomic E-state index is -0.617. The Morgan fingerprint density at radius 2 is 2.00 bits per heavy atom. The molecule has 29 heavy (non-hydrogen) atoms. The van der Waals surface area contributed by atoms with Crippen LogP contribution in [0, 0.1) is 10.1 Å². The third-order valence-corrected chi connectivity index (χ3v) is 4.96. The number of thioether (sulfide) groups is 1. The van der Waals surface area contributed by atoms with Gasteiger partial charge in [0.15, 0.2) is 5.82 Å². The average Bonchev–Trinajstić information content (AvgIpc) is 3.16. The van der Waals surface area contributed by atoms with Crippen molar-refractivity contribution in [2.24, 2.45) is 0 Å². The van der Waals surface area contributed by atoms with Gasteiger partial charge in [-0.1, -0.05) is 35.0 Å². The molecule has 0 radical (unpaired) electrons. The first-order valence-electron chi connectivity index (χ1n) is 8.00. The molecule has 150 valence electrons. The van der Waals surface area contributed by atoms with Gasteiger partial charge in [-0.05, 0) is 30.3 Å². The van der Waals surface area contributed by atoms with E-state index in [2.05, 4.69) is 20.5 Å². The van der Waals surface area contributed by atoms with Gasteiger partial charge in [-0.2, -0.15) is 0 Å². The fraction of sp³-hybridized carbons (Fsp3) is 0.118. The van der Waals surface area contributed by atoms with E-state index < -0.39 is 10.8 Å². The number of nitrogens with one attached hydrogen (secondary N) is 2. The Hall–Kier alpha value is -2.82. The van der Waals surface area contributed by atoms with E-state index in [0.29, 0.717) is 27.3 Å². The van der Waals surface area contributed by atoms with Crippen molar-refractivity contribution in [3.63, 3.8) is 0 Å². The maximum absolute atomic E-state index is 12.2. The van der Waals surface area contributed by atoms with Crippen LogP contribution in [0.15, 0.2) is 41.6 Å². The first-order chi connectivity index (χ1) is 13.9. The summed E-state index contributed by atoms with van der Waals surface area (Å²) in [5, 5.41) is 21.4. The van der Waals surface area contributed by atoms with E-state index in [4.69, 9.17) is 27.9 Å². The summed E-state index contributed by atoms with van der Waals surface area (Å²) in [6.07, 6.45) is 0. The van der Waals surface area contributed by atoms with Gasteiger partial charge in [0.25, 0.3) is 5.69 Å². The smallest absolute Gasteiger partial charge is 0.294 e. The zero-order valence-electron chi connectivity index (χ0n) is 14.8. The number of carbonyl (C=O) groups excluding carboxylic acids is 1. The molecular formula is C17H13Cl2N5O4S. The Bertz CT molecular complexity index is 1080. The zero-order valence-corrected chi connectivity index (χ0v) is 17.1. The molecule has 0 atom stereocenters. The number of aromatic amines is 1. The van der Waals surface area contributed by atoms with Gasteiger partial charge in [0.05, 0.1) is 23.3 Å². The summed E-state index contributed by atoms with van der Waals surface area (Å²) in [5.74, 6) is 0.492. The monoisotopic (exact) mass is 453 g/mol. The molecule has 12 heteroatoms. The van der Waals surface area contributed by atoms with Crippen LogP contribution < -0.4 is 10.1 Å². The van der Waals surface area contributed by atoms with Gasteiger partial charge < -0.3 is 10.1 Å². The molecule has 0 spiro atoms. The van der Waals surface area contributed by atoms with Crippen LogP contribution in [0.4, 0.5) is 11.4 Å². The van der Waals surface area contributed by atoms with Crippen molar-refractivity contribution in [2.45, 2.75) is 5.16 Å². The molecule has 0 aliphatic carbocycles. The number of nitro groups is 1. The summed E-state index contributed by atoms with van der Waals surface area (Å²) < 4.78 is 5.29. The minimum absolute atomic E-state index is 0.0518. The molecule has 2 N–H and O–H groups in total. The fourth-order valence-electron chi connectivity index (χ4n) is 2.37. The number of benzene rings is 2. The highest BCUT2D eigenvalue weighted by Crippen LogP contribution is 2.31. The van der Waals surface area contributed by atoms with E-state index in [1.54, 1.807) is 18.2 Å². The van der Waals surface area contributed by atoms with Gasteiger partial charge in [0.2, 0.25) is 11.1 Å². The lowest BCUT2D eigenvalue weighted by molar-refractivity contribution is -0.383.